The van der Waals surface area contributed by atoms with Crippen LogP contribution >= 0.6 is 23.2 Å². The largest absolute Gasteiger partial charge is 0.516 e. The second kappa shape index (κ2) is 4.55. The van der Waals surface area contributed by atoms with Crippen LogP contribution in [0.15, 0.2) is 18.2 Å². The second-order valence-corrected chi connectivity index (χ2v) is 9.40. The Bertz CT molecular complexity index is 385. The summed E-state index contributed by atoms with van der Waals surface area (Å²) in [6.07, 6.45) is 0. The van der Waals surface area contributed by atoms with Gasteiger partial charge in [-0.2, -0.15) is 0 Å². The SMILES string of the molecule is C[Si](C)(C)OC(=O)c1ccc(Cl)cc1Cl. The predicted octanol–water partition coefficient (Wildman–Crippen LogP) is 3.99. The van der Waals surface area contributed by atoms with Crippen LogP contribution in [0.2, 0.25) is 29.7 Å². The maximum Gasteiger partial charge on any atom is 0.326 e. The molecule has 2 nitrogen and oxygen atoms in total. The summed E-state index contributed by atoms with van der Waals surface area (Å²) in [5, 5.41) is 0.829. The highest BCUT2D eigenvalue weighted by Gasteiger charge is 2.22. The summed E-state index contributed by atoms with van der Waals surface area (Å²) in [4.78, 5) is 11.7. The topological polar surface area (TPSA) is 26.3 Å². The molecule has 0 aliphatic rings. The summed E-state index contributed by atoms with van der Waals surface area (Å²) in [6, 6.07) is 4.73. The van der Waals surface area contributed by atoms with E-state index in [4.69, 9.17) is 27.6 Å². The van der Waals surface area contributed by atoms with Gasteiger partial charge in [0, 0.05) is 5.02 Å². The van der Waals surface area contributed by atoms with E-state index in [1.165, 1.54) is 6.07 Å². The zero-order valence-corrected chi connectivity index (χ0v) is 11.3. The van der Waals surface area contributed by atoms with E-state index in [-0.39, 0.29) is 5.97 Å². The fourth-order valence-electron chi connectivity index (χ4n) is 0.988. The molecule has 0 unspecified atom stereocenters. The molecule has 0 fully saturated rings. The van der Waals surface area contributed by atoms with E-state index in [9.17, 15) is 4.79 Å². The van der Waals surface area contributed by atoms with Crippen molar-refractivity contribution < 1.29 is 9.22 Å². The average molecular weight is 263 g/mol. The van der Waals surface area contributed by atoms with E-state index in [0.717, 1.165) is 0 Å². The Morgan fingerprint density at radius 2 is 1.87 bits per heavy atom. The maximum atomic E-state index is 11.7. The Balaban J connectivity index is 2.92. The standard InChI is InChI=1S/C10H12Cl2O2Si/c1-15(2,3)14-10(13)8-5-4-7(11)6-9(8)12/h4-6H,1-3H3. The first kappa shape index (κ1) is 12.6. The Morgan fingerprint density at radius 3 is 2.33 bits per heavy atom. The van der Waals surface area contributed by atoms with Crippen LogP contribution < -0.4 is 0 Å². The Morgan fingerprint density at radius 1 is 1.27 bits per heavy atom. The van der Waals surface area contributed by atoms with Crippen molar-refractivity contribution in [2.45, 2.75) is 19.6 Å². The van der Waals surface area contributed by atoms with Gasteiger partial charge in [0.05, 0.1) is 10.6 Å². The first-order valence-corrected chi connectivity index (χ1v) is 8.64. The highest BCUT2D eigenvalue weighted by molar-refractivity contribution is 6.71. The zero-order chi connectivity index (χ0) is 11.6. The zero-order valence-electron chi connectivity index (χ0n) is 8.80. The first-order valence-electron chi connectivity index (χ1n) is 4.48. The number of carbonyl (C=O) groups excluding carboxylic acids is 1. The lowest BCUT2D eigenvalue weighted by molar-refractivity contribution is 0.0725. The van der Waals surface area contributed by atoms with Gasteiger partial charge in [0.15, 0.2) is 0 Å². The molecule has 5 heteroatoms. The minimum absolute atomic E-state index is 0.325. The molecule has 0 saturated heterocycles. The molecule has 0 N–H and O–H groups in total. The van der Waals surface area contributed by atoms with Crippen LogP contribution in [0.25, 0.3) is 0 Å². The molecule has 0 atom stereocenters. The highest BCUT2D eigenvalue weighted by Crippen LogP contribution is 2.22. The van der Waals surface area contributed by atoms with Crippen LogP contribution in [-0.4, -0.2) is 14.3 Å². The van der Waals surface area contributed by atoms with E-state index in [1.807, 2.05) is 19.6 Å². The van der Waals surface area contributed by atoms with Crippen molar-refractivity contribution >= 4 is 37.5 Å². The van der Waals surface area contributed by atoms with Crippen LogP contribution in [0.5, 0.6) is 0 Å². The summed E-state index contributed by atoms with van der Waals surface area (Å²) in [5.74, 6) is -0.379. The van der Waals surface area contributed by atoms with Crippen molar-refractivity contribution in [2.24, 2.45) is 0 Å². The van der Waals surface area contributed by atoms with Crippen molar-refractivity contribution in [1.29, 1.82) is 0 Å². The third kappa shape index (κ3) is 3.85. The van der Waals surface area contributed by atoms with Crippen molar-refractivity contribution in [3.8, 4) is 0 Å². The lowest BCUT2D eigenvalue weighted by Crippen LogP contribution is -2.29. The molecule has 0 spiro atoms. The van der Waals surface area contributed by atoms with E-state index in [1.54, 1.807) is 12.1 Å². The summed E-state index contributed by atoms with van der Waals surface area (Å²) in [5.41, 5.74) is 0.364. The molecule has 0 aliphatic carbocycles. The van der Waals surface area contributed by atoms with Crippen LogP contribution in [0.3, 0.4) is 0 Å². The Hall–Kier alpha value is -0.513. The van der Waals surface area contributed by atoms with Gasteiger partial charge in [-0.3, -0.25) is 0 Å². The molecule has 0 aromatic heterocycles. The molecule has 0 saturated carbocycles. The van der Waals surface area contributed by atoms with Gasteiger partial charge in [-0.15, -0.1) is 0 Å². The maximum absolute atomic E-state index is 11.7. The molecule has 1 rings (SSSR count). The van der Waals surface area contributed by atoms with Crippen LogP contribution in [0.1, 0.15) is 10.4 Å². The smallest absolute Gasteiger partial charge is 0.326 e. The molecule has 0 radical (unpaired) electrons. The third-order valence-corrected chi connectivity index (χ3v) is 2.90. The minimum atomic E-state index is -1.88. The van der Waals surface area contributed by atoms with Gasteiger partial charge < -0.3 is 4.43 Å². The summed E-state index contributed by atoms with van der Waals surface area (Å²) < 4.78 is 5.32. The van der Waals surface area contributed by atoms with Gasteiger partial charge in [0.1, 0.15) is 0 Å². The molecular formula is C10H12Cl2O2Si. The van der Waals surface area contributed by atoms with Gasteiger partial charge in [-0.05, 0) is 37.8 Å². The predicted molar refractivity (Wildman–Crippen MR) is 65.2 cm³/mol. The van der Waals surface area contributed by atoms with Gasteiger partial charge in [-0.1, -0.05) is 23.2 Å². The number of carbonyl (C=O) groups is 1. The Labute approximate surface area is 100 Å². The van der Waals surface area contributed by atoms with Crippen molar-refractivity contribution in [1.82, 2.24) is 0 Å². The van der Waals surface area contributed by atoms with Crippen LogP contribution in [0, 0.1) is 0 Å². The van der Waals surface area contributed by atoms with E-state index >= 15 is 0 Å². The number of benzene rings is 1. The third-order valence-electron chi connectivity index (χ3n) is 1.55. The molecule has 0 amide bonds. The monoisotopic (exact) mass is 262 g/mol. The average Bonchev–Trinajstić information content (AvgIpc) is 1.99. The lowest BCUT2D eigenvalue weighted by Gasteiger charge is -2.17. The van der Waals surface area contributed by atoms with E-state index in [0.29, 0.717) is 15.6 Å². The fourth-order valence-corrected chi connectivity index (χ4v) is 2.14. The first-order chi connectivity index (χ1) is 6.79. The number of rotatable bonds is 2. The van der Waals surface area contributed by atoms with Crippen molar-refractivity contribution in [2.75, 3.05) is 0 Å². The second-order valence-electron chi connectivity index (χ2n) is 4.13. The molecular weight excluding hydrogens is 251 g/mol. The summed E-state index contributed by atoms with van der Waals surface area (Å²) >= 11 is 11.6. The van der Waals surface area contributed by atoms with Crippen LogP contribution in [-0.2, 0) is 4.43 Å². The summed E-state index contributed by atoms with van der Waals surface area (Å²) in [7, 11) is -1.88. The van der Waals surface area contributed by atoms with Gasteiger partial charge in [-0.25, -0.2) is 4.79 Å². The number of halogens is 2. The fraction of sp³-hybridized carbons (Fsp3) is 0.300. The molecule has 1 aromatic carbocycles. The number of hydrogen-bond donors (Lipinski definition) is 0. The Kier molecular flexibility index (Phi) is 3.81. The van der Waals surface area contributed by atoms with Crippen molar-refractivity contribution in [3.05, 3.63) is 33.8 Å². The molecule has 1 aromatic rings. The van der Waals surface area contributed by atoms with Gasteiger partial charge in [0.25, 0.3) is 0 Å². The van der Waals surface area contributed by atoms with Crippen LogP contribution in [0.4, 0.5) is 0 Å². The molecule has 0 heterocycles. The van der Waals surface area contributed by atoms with E-state index < -0.39 is 8.32 Å². The lowest BCUT2D eigenvalue weighted by atomic mass is 10.2. The minimum Gasteiger partial charge on any atom is -0.516 e. The molecule has 0 aliphatic heterocycles. The highest BCUT2D eigenvalue weighted by atomic mass is 35.5. The van der Waals surface area contributed by atoms with E-state index in [2.05, 4.69) is 0 Å². The van der Waals surface area contributed by atoms with Gasteiger partial charge >= 0.3 is 5.97 Å². The molecule has 0 bridgehead atoms. The summed E-state index contributed by atoms with van der Waals surface area (Å²) in [6.45, 7) is 5.82. The number of hydrogen-bond acceptors (Lipinski definition) is 2. The quantitative estimate of drug-likeness (QED) is 0.754. The molecule has 82 valence electrons. The normalized spacial score (nSPS) is 11.3. The van der Waals surface area contributed by atoms with Crippen molar-refractivity contribution in [3.63, 3.8) is 0 Å². The molecule has 15 heavy (non-hydrogen) atoms. The van der Waals surface area contributed by atoms with Gasteiger partial charge in [0.2, 0.25) is 8.32 Å².